The average molecular weight is 521 g/mol. The normalized spacial score (nSPS) is 50.4. The number of aliphatic hydroxyl groups excluding tert-OH is 6. The summed E-state index contributed by atoms with van der Waals surface area (Å²) >= 11 is 0. The van der Waals surface area contributed by atoms with E-state index in [0.717, 1.165) is 12.8 Å². The Labute approximate surface area is 208 Å². The van der Waals surface area contributed by atoms with Gasteiger partial charge in [-0.05, 0) is 19.8 Å². The molecule has 0 aromatic rings. The quantitative estimate of drug-likeness (QED) is 0.193. The zero-order valence-corrected chi connectivity index (χ0v) is 19.9. The average Bonchev–Trinajstić information content (AvgIpc) is 2.86. The Bertz CT molecular complexity index is 742. The van der Waals surface area contributed by atoms with Crippen molar-refractivity contribution in [3.8, 4) is 12.3 Å². The molecular weight excluding hydrogens is 484 g/mol. The van der Waals surface area contributed by atoms with Gasteiger partial charge >= 0.3 is 0 Å². The molecule has 0 aromatic heterocycles. The van der Waals surface area contributed by atoms with Crippen LogP contribution in [0.2, 0.25) is 0 Å². The maximum Gasteiger partial charge on any atom is 0.186 e. The van der Waals surface area contributed by atoms with Crippen LogP contribution >= 0.6 is 0 Å². The highest BCUT2D eigenvalue weighted by atomic mass is 16.7. The zero-order valence-electron chi connectivity index (χ0n) is 19.9. The molecule has 4 fully saturated rings. The molecule has 0 bridgehead atoms. The molecule has 14 atom stereocenters. The lowest BCUT2D eigenvalue weighted by atomic mass is 9.91. The Morgan fingerprint density at radius 2 is 1.42 bits per heavy atom. The maximum atomic E-state index is 11.0. The van der Waals surface area contributed by atoms with Crippen molar-refractivity contribution in [1.82, 2.24) is 0 Å². The number of hydrogen-bond acceptors (Lipinski definition) is 13. The van der Waals surface area contributed by atoms with Gasteiger partial charge in [0.15, 0.2) is 18.9 Å². The van der Waals surface area contributed by atoms with Gasteiger partial charge in [0.1, 0.15) is 48.8 Å². The number of ether oxygens (including phenoxy) is 7. The van der Waals surface area contributed by atoms with Gasteiger partial charge < -0.3 is 63.8 Å². The van der Waals surface area contributed by atoms with E-state index in [9.17, 15) is 30.6 Å². The van der Waals surface area contributed by atoms with Crippen LogP contribution in [0, 0.1) is 18.3 Å². The van der Waals surface area contributed by atoms with E-state index < -0.39 is 79.7 Å². The Morgan fingerprint density at radius 3 is 2.08 bits per heavy atom. The van der Waals surface area contributed by atoms with Crippen molar-refractivity contribution in [2.24, 2.45) is 5.92 Å². The highest BCUT2D eigenvalue weighted by molar-refractivity contribution is 5.05. The fourth-order valence-corrected chi connectivity index (χ4v) is 4.78. The third-order valence-corrected chi connectivity index (χ3v) is 6.91. The van der Waals surface area contributed by atoms with Gasteiger partial charge in [0, 0.05) is 6.61 Å². The van der Waals surface area contributed by atoms with Gasteiger partial charge in [-0.3, -0.25) is 0 Å². The van der Waals surface area contributed by atoms with Crippen molar-refractivity contribution in [3.05, 3.63) is 0 Å². The monoisotopic (exact) mass is 520 g/mol. The van der Waals surface area contributed by atoms with Crippen LogP contribution in [-0.2, 0) is 33.2 Å². The summed E-state index contributed by atoms with van der Waals surface area (Å²) in [5.74, 6) is 1.63. The summed E-state index contributed by atoms with van der Waals surface area (Å²) in [6.45, 7) is 2.11. The number of rotatable bonds is 6. The van der Waals surface area contributed by atoms with Crippen molar-refractivity contribution in [2.75, 3.05) is 26.4 Å². The van der Waals surface area contributed by atoms with E-state index in [0.29, 0.717) is 13.2 Å². The molecule has 4 aliphatic rings. The van der Waals surface area contributed by atoms with E-state index in [1.165, 1.54) is 0 Å². The summed E-state index contributed by atoms with van der Waals surface area (Å²) in [5, 5.41) is 61.8. The first-order valence-corrected chi connectivity index (χ1v) is 12.2. The topological polar surface area (TPSA) is 186 Å². The summed E-state index contributed by atoms with van der Waals surface area (Å²) in [4.78, 5) is 0. The van der Waals surface area contributed by atoms with Crippen molar-refractivity contribution in [1.29, 1.82) is 0 Å². The fraction of sp³-hybridized carbons (Fsp3) is 0.913. The molecule has 0 radical (unpaired) electrons. The molecule has 0 aromatic carbocycles. The lowest BCUT2D eigenvalue weighted by Gasteiger charge is -2.46. The molecule has 0 aliphatic carbocycles. The predicted octanol–water partition coefficient (Wildman–Crippen LogP) is -3.18. The van der Waals surface area contributed by atoms with E-state index >= 15 is 0 Å². The predicted molar refractivity (Wildman–Crippen MR) is 117 cm³/mol. The summed E-state index contributed by atoms with van der Waals surface area (Å²) in [7, 11) is 0. The molecule has 0 spiro atoms. The molecule has 36 heavy (non-hydrogen) atoms. The minimum Gasteiger partial charge on any atom is -0.389 e. The van der Waals surface area contributed by atoms with Crippen LogP contribution in [0.4, 0.5) is 0 Å². The van der Waals surface area contributed by atoms with Gasteiger partial charge in [0.2, 0.25) is 0 Å². The van der Waals surface area contributed by atoms with Crippen LogP contribution in [-0.4, -0.2) is 137 Å². The summed E-state index contributed by atoms with van der Waals surface area (Å²) in [6, 6.07) is 0. The minimum absolute atomic E-state index is 0.212. The lowest BCUT2D eigenvalue weighted by molar-refractivity contribution is -0.357. The third kappa shape index (κ3) is 6.02. The maximum absolute atomic E-state index is 11.0. The molecule has 0 amide bonds. The van der Waals surface area contributed by atoms with Crippen LogP contribution in [0.25, 0.3) is 0 Å². The van der Waals surface area contributed by atoms with Gasteiger partial charge in [-0.25, -0.2) is 0 Å². The summed E-state index contributed by atoms with van der Waals surface area (Å²) in [5.41, 5.74) is 0. The van der Waals surface area contributed by atoms with Gasteiger partial charge in [0.05, 0.1) is 37.9 Å². The number of hydrogen-bond donors (Lipinski definition) is 6. The Hall–Kier alpha value is -0.960. The van der Waals surface area contributed by atoms with Crippen LogP contribution < -0.4 is 0 Å². The largest absolute Gasteiger partial charge is 0.389 e. The third-order valence-electron chi connectivity index (χ3n) is 6.91. The minimum atomic E-state index is -1.62. The van der Waals surface area contributed by atoms with Gasteiger partial charge in [0.25, 0.3) is 0 Å². The standard InChI is InChI=1S/C23H36O13/c1-3-12-15(26)19(10(2)33-21(12)34-11-5-4-6-30-7-11)35-23-18(29)20(14(25)9-32-23)36-22-17(28)16(27)13(24)8-31-22/h1,10-29H,4-9H2,2H3/t10-,11+,12+,13+,14+,15-,16-,17+,18+,19-,20-,21-,22-,23-/m0/s1. The Kier molecular flexibility index (Phi) is 9.56. The molecule has 0 unspecified atom stereocenters. The van der Waals surface area contributed by atoms with Crippen LogP contribution in [0.5, 0.6) is 0 Å². The first kappa shape index (κ1) is 28.1. The fourth-order valence-electron chi connectivity index (χ4n) is 4.78. The number of aliphatic hydroxyl groups is 6. The Morgan fingerprint density at radius 1 is 0.750 bits per heavy atom. The number of terminal acetylenes is 1. The second-order valence-corrected chi connectivity index (χ2v) is 9.58. The van der Waals surface area contributed by atoms with Crippen molar-refractivity contribution in [2.45, 2.75) is 99.7 Å². The zero-order chi connectivity index (χ0) is 26.0. The first-order chi connectivity index (χ1) is 17.2. The molecule has 4 saturated heterocycles. The molecule has 0 saturated carbocycles. The lowest BCUT2D eigenvalue weighted by Crippen LogP contribution is -2.62. The molecule has 13 heteroatoms. The molecule has 4 aliphatic heterocycles. The van der Waals surface area contributed by atoms with Crippen molar-refractivity contribution < 1.29 is 63.8 Å². The van der Waals surface area contributed by atoms with Gasteiger partial charge in [-0.15, -0.1) is 6.42 Å². The van der Waals surface area contributed by atoms with Gasteiger partial charge in [-0.2, -0.15) is 0 Å². The van der Waals surface area contributed by atoms with Crippen molar-refractivity contribution in [3.63, 3.8) is 0 Å². The molecular formula is C23H36O13. The van der Waals surface area contributed by atoms with Gasteiger partial charge in [-0.1, -0.05) is 5.92 Å². The Balaban J connectivity index is 1.38. The van der Waals surface area contributed by atoms with E-state index in [1.807, 2.05) is 0 Å². The molecule has 4 heterocycles. The highest BCUT2D eigenvalue weighted by Gasteiger charge is 2.50. The van der Waals surface area contributed by atoms with E-state index in [2.05, 4.69) is 5.92 Å². The summed E-state index contributed by atoms with van der Waals surface area (Å²) < 4.78 is 39.4. The van der Waals surface area contributed by atoms with E-state index in [-0.39, 0.29) is 19.3 Å². The van der Waals surface area contributed by atoms with Crippen LogP contribution in [0.1, 0.15) is 19.8 Å². The smallest absolute Gasteiger partial charge is 0.186 e. The van der Waals surface area contributed by atoms with E-state index in [4.69, 9.17) is 39.6 Å². The first-order valence-electron chi connectivity index (χ1n) is 12.2. The molecule has 206 valence electrons. The van der Waals surface area contributed by atoms with Crippen molar-refractivity contribution >= 4 is 0 Å². The van der Waals surface area contributed by atoms with E-state index in [1.54, 1.807) is 6.92 Å². The second kappa shape index (κ2) is 12.3. The van der Waals surface area contributed by atoms with Crippen LogP contribution in [0.3, 0.4) is 0 Å². The molecule has 6 N–H and O–H groups in total. The highest BCUT2D eigenvalue weighted by Crippen LogP contribution is 2.33. The van der Waals surface area contributed by atoms with Crippen LogP contribution in [0.15, 0.2) is 0 Å². The molecule has 4 rings (SSSR count). The second-order valence-electron chi connectivity index (χ2n) is 9.58. The molecule has 13 nitrogen and oxygen atoms in total. The SMILES string of the molecule is C#C[C@H]1[C@H](O[C@@H]2CCCOC2)O[C@@H](C)[C@H](O[C@@H]2OC[C@@H](O)[C@H](O[C@@H]3OC[C@@H](O)[C@H](O)[C@H]3O)[C@H]2O)[C@H]1O. The summed E-state index contributed by atoms with van der Waals surface area (Å²) in [6.07, 6.45) is -8.23.